The summed E-state index contributed by atoms with van der Waals surface area (Å²) in [7, 11) is 0. The molecular weight excluding hydrogens is 336 g/mol. The fourth-order valence-electron chi connectivity index (χ4n) is 7.88. The third-order valence-electron chi connectivity index (χ3n) is 8.72. The molecule has 0 heteroatoms. The van der Waals surface area contributed by atoms with Gasteiger partial charge in [0.2, 0.25) is 0 Å². The SMILES string of the molecule is C=Cc1ccc(C23CC4CC(C2)CC(c2c(C)c(C)cc(C)c2C)(C4)C3)cc1. The molecule has 0 N–H and O–H groups in total. The van der Waals surface area contributed by atoms with E-state index in [0.717, 1.165) is 11.8 Å². The molecule has 2 unspecified atom stereocenters. The lowest BCUT2D eigenvalue weighted by molar-refractivity contribution is -0.0286. The average Bonchev–Trinajstić information content (AvgIpc) is 2.65. The molecule has 0 radical (unpaired) electrons. The van der Waals surface area contributed by atoms with Gasteiger partial charge < -0.3 is 0 Å². The van der Waals surface area contributed by atoms with Crippen molar-refractivity contribution < 1.29 is 0 Å². The fraction of sp³-hybridized carbons (Fsp3) is 0.500. The van der Waals surface area contributed by atoms with Crippen LogP contribution in [0.25, 0.3) is 6.08 Å². The van der Waals surface area contributed by atoms with Gasteiger partial charge >= 0.3 is 0 Å². The molecule has 4 aliphatic rings. The summed E-state index contributed by atoms with van der Waals surface area (Å²) in [6.07, 6.45) is 10.4. The summed E-state index contributed by atoms with van der Waals surface area (Å²) < 4.78 is 0. The molecule has 0 spiro atoms. The highest BCUT2D eigenvalue weighted by Gasteiger charge is 2.59. The number of hydrogen-bond donors (Lipinski definition) is 0. The lowest BCUT2D eigenvalue weighted by atomic mass is 9.41. The lowest BCUT2D eigenvalue weighted by Crippen LogP contribution is -2.56. The van der Waals surface area contributed by atoms with Crippen molar-refractivity contribution >= 4 is 6.08 Å². The van der Waals surface area contributed by atoms with Crippen LogP contribution in [-0.4, -0.2) is 0 Å². The smallest absolute Gasteiger partial charge is 0.00278 e. The normalized spacial score (nSPS) is 33.3. The Morgan fingerprint density at radius 3 is 1.89 bits per heavy atom. The minimum Gasteiger partial charge on any atom is -0.0985 e. The Kier molecular flexibility index (Phi) is 3.96. The first-order valence-electron chi connectivity index (χ1n) is 11.2. The number of rotatable bonds is 3. The van der Waals surface area contributed by atoms with Gasteiger partial charge in [-0.2, -0.15) is 0 Å². The predicted octanol–water partition coefficient (Wildman–Crippen LogP) is 7.35. The standard InChI is InChI=1S/C28H34/c1-6-22-7-9-25(10-8-22)27-13-23-12-24(14-27)16-28(15-23,17-27)26-20(4)18(2)11-19(3)21(26)5/h6-11,23-24H,1,12-17H2,2-5H3. The molecule has 0 nitrogen and oxygen atoms in total. The molecular formula is C28H34. The second kappa shape index (κ2) is 6.09. The Bertz CT molecular complexity index is 903. The Labute approximate surface area is 171 Å². The molecule has 4 aliphatic carbocycles. The maximum atomic E-state index is 3.94. The molecule has 4 bridgehead atoms. The van der Waals surface area contributed by atoms with Gasteiger partial charge in [0.15, 0.2) is 0 Å². The molecule has 146 valence electrons. The van der Waals surface area contributed by atoms with Crippen LogP contribution < -0.4 is 0 Å². The van der Waals surface area contributed by atoms with Crippen molar-refractivity contribution in [2.45, 2.75) is 77.0 Å². The van der Waals surface area contributed by atoms with Crippen LogP contribution in [0.4, 0.5) is 0 Å². The van der Waals surface area contributed by atoms with Crippen LogP contribution in [0, 0.1) is 39.5 Å². The van der Waals surface area contributed by atoms with E-state index >= 15 is 0 Å². The van der Waals surface area contributed by atoms with Gasteiger partial charge in [-0.25, -0.2) is 0 Å². The van der Waals surface area contributed by atoms with Crippen molar-refractivity contribution in [2.75, 3.05) is 0 Å². The first-order valence-corrected chi connectivity index (χ1v) is 11.2. The second-order valence-corrected chi connectivity index (χ2v) is 10.5. The van der Waals surface area contributed by atoms with Crippen molar-refractivity contribution in [1.82, 2.24) is 0 Å². The van der Waals surface area contributed by atoms with Gasteiger partial charge in [-0.05, 0) is 128 Å². The lowest BCUT2D eigenvalue weighted by Gasteiger charge is -2.63. The van der Waals surface area contributed by atoms with Gasteiger partial charge in [-0.1, -0.05) is 43.0 Å². The summed E-state index contributed by atoms with van der Waals surface area (Å²) in [4.78, 5) is 0. The first-order chi connectivity index (χ1) is 13.4. The second-order valence-electron chi connectivity index (χ2n) is 10.5. The maximum absolute atomic E-state index is 3.94. The Morgan fingerprint density at radius 1 is 0.821 bits per heavy atom. The summed E-state index contributed by atoms with van der Waals surface area (Å²) in [5, 5.41) is 0. The highest BCUT2D eigenvalue weighted by molar-refractivity contribution is 5.52. The van der Waals surface area contributed by atoms with Gasteiger partial charge in [-0.15, -0.1) is 0 Å². The van der Waals surface area contributed by atoms with Crippen molar-refractivity contribution in [3.63, 3.8) is 0 Å². The van der Waals surface area contributed by atoms with Crippen LogP contribution in [-0.2, 0) is 10.8 Å². The highest BCUT2D eigenvalue weighted by Crippen LogP contribution is 2.67. The van der Waals surface area contributed by atoms with Gasteiger partial charge in [-0.3, -0.25) is 0 Å². The zero-order valence-corrected chi connectivity index (χ0v) is 18.1. The predicted molar refractivity (Wildman–Crippen MR) is 120 cm³/mol. The third kappa shape index (κ3) is 2.49. The van der Waals surface area contributed by atoms with Gasteiger partial charge in [0, 0.05) is 0 Å². The zero-order chi connectivity index (χ0) is 19.7. The topological polar surface area (TPSA) is 0 Å². The minimum atomic E-state index is 0.389. The summed E-state index contributed by atoms with van der Waals surface area (Å²) in [6, 6.07) is 11.8. The van der Waals surface area contributed by atoms with Crippen molar-refractivity contribution in [3.8, 4) is 0 Å². The maximum Gasteiger partial charge on any atom is -0.00278 e. The van der Waals surface area contributed by atoms with E-state index in [1.807, 2.05) is 6.08 Å². The monoisotopic (exact) mass is 370 g/mol. The molecule has 2 aromatic carbocycles. The number of aryl methyl sites for hydroxylation is 2. The quantitative estimate of drug-likeness (QED) is 0.529. The number of benzene rings is 2. The molecule has 28 heavy (non-hydrogen) atoms. The summed E-state index contributed by atoms with van der Waals surface area (Å²) in [5.74, 6) is 1.81. The van der Waals surface area contributed by atoms with E-state index in [-0.39, 0.29) is 0 Å². The van der Waals surface area contributed by atoms with E-state index in [2.05, 4.69) is 64.6 Å². The van der Waals surface area contributed by atoms with Crippen LogP contribution >= 0.6 is 0 Å². The third-order valence-corrected chi connectivity index (χ3v) is 8.72. The molecule has 4 saturated carbocycles. The molecule has 0 saturated heterocycles. The van der Waals surface area contributed by atoms with Crippen LogP contribution in [0.15, 0.2) is 36.9 Å². The largest absolute Gasteiger partial charge is 0.0985 e. The van der Waals surface area contributed by atoms with Gasteiger partial charge in [0.25, 0.3) is 0 Å². The first kappa shape index (κ1) is 18.2. The van der Waals surface area contributed by atoms with Crippen molar-refractivity contribution in [3.05, 3.63) is 75.9 Å². The van der Waals surface area contributed by atoms with E-state index < -0.39 is 0 Å². The Morgan fingerprint density at radius 2 is 1.36 bits per heavy atom. The molecule has 0 heterocycles. The molecule has 0 aliphatic heterocycles. The molecule has 0 amide bonds. The van der Waals surface area contributed by atoms with Crippen LogP contribution in [0.1, 0.15) is 77.5 Å². The Balaban J connectivity index is 1.66. The number of hydrogen-bond acceptors (Lipinski definition) is 0. The van der Waals surface area contributed by atoms with E-state index in [1.54, 1.807) is 22.3 Å². The minimum absolute atomic E-state index is 0.389. The summed E-state index contributed by atoms with van der Waals surface area (Å²) in [6.45, 7) is 13.3. The van der Waals surface area contributed by atoms with Gasteiger partial charge in [0.05, 0.1) is 0 Å². The molecule has 4 fully saturated rings. The molecule has 2 atom stereocenters. The Hall–Kier alpha value is -1.82. The average molecular weight is 371 g/mol. The van der Waals surface area contributed by atoms with E-state index in [9.17, 15) is 0 Å². The summed E-state index contributed by atoms with van der Waals surface area (Å²) >= 11 is 0. The van der Waals surface area contributed by atoms with Crippen molar-refractivity contribution in [1.29, 1.82) is 0 Å². The highest BCUT2D eigenvalue weighted by atomic mass is 14.6. The van der Waals surface area contributed by atoms with E-state index in [1.165, 1.54) is 55.2 Å². The summed E-state index contributed by atoms with van der Waals surface area (Å²) in [5.41, 5.74) is 11.5. The van der Waals surface area contributed by atoms with Crippen LogP contribution in [0.3, 0.4) is 0 Å². The van der Waals surface area contributed by atoms with Crippen LogP contribution in [0.2, 0.25) is 0 Å². The molecule has 2 aromatic rings. The van der Waals surface area contributed by atoms with Crippen molar-refractivity contribution in [2.24, 2.45) is 11.8 Å². The molecule has 0 aromatic heterocycles. The van der Waals surface area contributed by atoms with Gasteiger partial charge in [0.1, 0.15) is 0 Å². The zero-order valence-electron chi connectivity index (χ0n) is 18.1. The van der Waals surface area contributed by atoms with E-state index in [4.69, 9.17) is 0 Å². The molecule has 6 rings (SSSR count). The van der Waals surface area contributed by atoms with Crippen LogP contribution in [0.5, 0.6) is 0 Å². The fourth-order valence-corrected chi connectivity index (χ4v) is 7.88. The van der Waals surface area contributed by atoms with E-state index in [0.29, 0.717) is 10.8 Å².